The number of rotatable bonds is 7. The summed E-state index contributed by atoms with van der Waals surface area (Å²) < 4.78 is 6.16. The Hall–Kier alpha value is -0.650. The number of nitrogens with one attached hydrogen (secondary N) is 2. The van der Waals surface area contributed by atoms with Crippen LogP contribution in [0, 0.1) is 5.92 Å². The van der Waals surface area contributed by atoms with Crippen LogP contribution < -0.4 is 10.6 Å². The van der Waals surface area contributed by atoms with Gasteiger partial charge in [-0.25, -0.2) is 0 Å². The molecule has 1 atom stereocenters. The summed E-state index contributed by atoms with van der Waals surface area (Å²) in [6, 6.07) is 0.220. The lowest BCUT2D eigenvalue weighted by atomic mass is 9.72. The molecule has 0 aromatic heterocycles. The first-order valence-corrected chi connectivity index (χ1v) is 12.0. The first-order chi connectivity index (χ1) is 13.6. The molecule has 0 aromatic carbocycles. The third-order valence-electron chi connectivity index (χ3n) is 7.46. The van der Waals surface area contributed by atoms with Crippen molar-refractivity contribution in [1.82, 2.24) is 15.5 Å². The molecule has 0 bridgehead atoms. The van der Waals surface area contributed by atoms with Crippen molar-refractivity contribution in [2.24, 2.45) is 5.92 Å². The summed E-state index contributed by atoms with van der Waals surface area (Å²) in [6.07, 6.45) is 6.30. The minimum atomic E-state index is 0.0390. The fourth-order valence-electron chi connectivity index (χ4n) is 6.26. The quantitative estimate of drug-likeness (QED) is 0.633. The molecule has 2 saturated heterocycles. The summed E-state index contributed by atoms with van der Waals surface area (Å²) >= 11 is 0. The summed E-state index contributed by atoms with van der Waals surface area (Å²) in [5.74, 6) is 0.526. The first kappa shape index (κ1) is 25.6. The number of amides is 1. The molecule has 0 saturated carbocycles. The van der Waals surface area contributed by atoms with Crippen LogP contribution in [-0.2, 0) is 9.53 Å². The average Bonchev–Trinajstić information content (AvgIpc) is 2.54. The fourth-order valence-corrected chi connectivity index (χ4v) is 6.26. The number of hydrogen-bond donors (Lipinski definition) is 2. The highest BCUT2D eigenvalue weighted by atomic mass is 16.5. The Balaban J connectivity index is 1.96. The molecule has 2 aliphatic rings. The topological polar surface area (TPSA) is 53.6 Å². The summed E-state index contributed by atoms with van der Waals surface area (Å²) in [6.45, 7) is 20.5. The molecule has 2 rings (SSSR count). The molecule has 0 aromatic rings. The van der Waals surface area contributed by atoms with Crippen LogP contribution in [0.25, 0.3) is 0 Å². The molecule has 5 heteroatoms. The minimum absolute atomic E-state index is 0.0390. The van der Waals surface area contributed by atoms with Crippen LogP contribution >= 0.6 is 0 Å². The standard InChI is InChI=1S/C25H49N3O2/c1-11-12-20(18-13-22(2,3)27-23(4,5)14-18)26-21(29)17-30-19-15-24(6,7)28(10)25(8,9)16-19/h18-20,27H,11-17H2,1-10H3,(H,26,29). The van der Waals surface area contributed by atoms with E-state index < -0.39 is 0 Å². The Labute approximate surface area is 186 Å². The number of ether oxygens (including phenoxy) is 1. The van der Waals surface area contributed by atoms with E-state index in [1.54, 1.807) is 0 Å². The number of hydrogen-bond acceptors (Lipinski definition) is 4. The SMILES string of the molecule is CCCC(NC(=O)COC1CC(C)(C)N(C)C(C)(C)C1)C1CC(C)(C)NC(C)(C)C1. The van der Waals surface area contributed by atoms with Gasteiger partial charge in [-0.2, -0.15) is 0 Å². The van der Waals surface area contributed by atoms with Gasteiger partial charge in [0.25, 0.3) is 0 Å². The lowest BCUT2D eigenvalue weighted by Crippen LogP contribution is -2.61. The molecule has 176 valence electrons. The monoisotopic (exact) mass is 423 g/mol. The van der Waals surface area contributed by atoms with Crippen LogP contribution in [-0.4, -0.2) is 58.8 Å². The van der Waals surface area contributed by atoms with Crippen molar-refractivity contribution in [1.29, 1.82) is 0 Å². The number of likely N-dealkylation sites (tertiary alicyclic amines) is 1. The molecule has 0 spiro atoms. The van der Waals surface area contributed by atoms with Crippen molar-refractivity contribution in [3.8, 4) is 0 Å². The van der Waals surface area contributed by atoms with Crippen LogP contribution in [0.4, 0.5) is 0 Å². The second-order valence-electron chi connectivity index (χ2n) is 12.5. The van der Waals surface area contributed by atoms with Gasteiger partial charge in [-0.1, -0.05) is 13.3 Å². The predicted octanol–water partition coefficient (Wildman–Crippen LogP) is 4.50. The highest BCUT2D eigenvalue weighted by Crippen LogP contribution is 2.38. The van der Waals surface area contributed by atoms with Gasteiger partial charge in [0.2, 0.25) is 5.91 Å². The number of carbonyl (C=O) groups excluding carboxylic acids is 1. The maximum Gasteiger partial charge on any atom is 0.246 e. The van der Waals surface area contributed by atoms with Gasteiger partial charge in [0.15, 0.2) is 0 Å². The zero-order valence-electron chi connectivity index (χ0n) is 21.4. The van der Waals surface area contributed by atoms with Crippen LogP contribution in [0.5, 0.6) is 0 Å². The molecular weight excluding hydrogens is 374 g/mol. The van der Waals surface area contributed by atoms with Crippen LogP contribution in [0.3, 0.4) is 0 Å². The van der Waals surface area contributed by atoms with Gasteiger partial charge < -0.3 is 15.4 Å². The molecule has 2 N–H and O–H groups in total. The van der Waals surface area contributed by atoms with E-state index in [-0.39, 0.29) is 46.8 Å². The predicted molar refractivity (Wildman–Crippen MR) is 126 cm³/mol. The van der Waals surface area contributed by atoms with E-state index in [1.165, 1.54) is 0 Å². The van der Waals surface area contributed by atoms with Gasteiger partial charge in [0.1, 0.15) is 6.61 Å². The lowest BCUT2D eigenvalue weighted by Gasteiger charge is -2.53. The van der Waals surface area contributed by atoms with Crippen molar-refractivity contribution in [3.63, 3.8) is 0 Å². The summed E-state index contributed by atoms with van der Waals surface area (Å²) in [4.78, 5) is 15.3. The fraction of sp³-hybridized carbons (Fsp3) is 0.960. The second kappa shape index (κ2) is 9.07. The molecule has 2 fully saturated rings. The molecular formula is C25H49N3O2. The van der Waals surface area contributed by atoms with E-state index in [4.69, 9.17) is 4.74 Å². The van der Waals surface area contributed by atoms with E-state index >= 15 is 0 Å². The number of piperidine rings is 2. The Kier molecular flexibility index (Phi) is 7.74. The van der Waals surface area contributed by atoms with Crippen molar-refractivity contribution >= 4 is 5.91 Å². The van der Waals surface area contributed by atoms with Crippen molar-refractivity contribution < 1.29 is 9.53 Å². The van der Waals surface area contributed by atoms with E-state index in [9.17, 15) is 4.79 Å². The molecule has 2 aliphatic heterocycles. The molecule has 1 unspecified atom stereocenters. The van der Waals surface area contributed by atoms with Crippen molar-refractivity contribution in [3.05, 3.63) is 0 Å². The Morgan fingerprint density at radius 3 is 1.97 bits per heavy atom. The molecule has 0 aliphatic carbocycles. The molecule has 30 heavy (non-hydrogen) atoms. The molecule has 5 nitrogen and oxygen atoms in total. The van der Waals surface area contributed by atoms with E-state index in [2.05, 4.69) is 84.9 Å². The minimum Gasteiger partial charge on any atom is -0.368 e. The highest BCUT2D eigenvalue weighted by Gasteiger charge is 2.44. The van der Waals surface area contributed by atoms with Crippen LogP contribution in [0.2, 0.25) is 0 Å². The van der Waals surface area contributed by atoms with E-state index in [0.29, 0.717) is 5.92 Å². The van der Waals surface area contributed by atoms with Gasteiger partial charge in [0, 0.05) is 28.2 Å². The molecule has 1 amide bonds. The van der Waals surface area contributed by atoms with Crippen molar-refractivity contribution in [2.45, 2.75) is 135 Å². The molecule has 0 radical (unpaired) electrons. The smallest absolute Gasteiger partial charge is 0.246 e. The Morgan fingerprint density at radius 2 is 1.50 bits per heavy atom. The van der Waals surface area contributed by atoms with Crippen LogP contribution in [0.15, 0.2) is 0 Å². The van der Waals surface area contributed by atoms with Crippen molar-refractivity contribution in [2.75, 3.05) is 13.7 Å². The first-order valence-electron chi connectivity index (χ1n) is 12.0. The largest absolute Gasteiger partial charge is 0.368 e. The van der Waals surface area contributed by atoms with Crippen LogP contribution in [0.1, 0.15) is 101 Å². The number of carbonyl (C=O) groups is 1. The van der Waals surface area contributed by atoms with Gasteiger partial charge in [-0.05, 0) is 100 Å². The maximum atomic E-state index is 12.9. The lowest BCUT2D eigenvalue weighted by molar-refractivity contribution is -0.136. The Bertz CT molecular complexity index is 563. The maximum absolute atomic E-state index is 12.9. The summed E-state index contributed by atoms with van der Waals surface area (Å²) in [5.41, 5.74) is 0.315. The second-order valence-corrected chi connectivity index (χ2v) is 12.5. The zero-order chi connectivity index (χ0) is 23.0. The summed E-state index contributed by atoms with van der Waals surface area (Å²) in [5, 5.41) is 7.11. The number of nitrogens with zero attached hydrogens (tertiary/aromatic N) is 1. The van der Waals surface area contributed by atoms with E-state index in [0.717, 1.165) is 38.5 Å². The van der Waals surface area contributed by atoms with Gasteiger partial charge in [-0.15, -0.1) is 0 Å². The highest BCUT2D eigenvalue weighted by molar-refractivity contribution is 5.77. The average molecular weight is 424 g/mol. The van der Waals surface area contributed by atoms with E-state index in [1.807, 2.05) is 0 Å². The van der Waals surface area contributed by atoms with Gasteiger partial charge in [-0.3, -0.25) is 9.69 Å². The van der Waals surface area contributed by atoms with Gasteiger partial charge >= 0.3 is 0 Å². The van der Waals surface area contributed by atoms with Gasteiger partial charge in [0.05, 0.1) is 6.10 Å². The summed E-state index contributed by atoms with van der Waals surface area (Å²) in [7, 11) is 2.19. The Morgan fingerprint density at radius 1 is 1.00 bits per heavy atom. The normalized spacial score (nSPS) is 27.5. The zero-order valence-corrected chi connectivity index (χ0v) is 21.4. The molecule has 2 heterocycles. The third-order valence-corrected chi connectivity index (χ3v) is 7.46. The third kappa shape index (κ3) is 6.67.